The van der Waals surface area contributed by atoms with Crippen LogP contribution in [-0.2, 0) is 27.8 Å². The van der Waals surface area contributed by atoms with Gasteiger partial charge in [0.25, 0.3) is 0 Å². The Morgan fingerprint density at radius 2 is 1.83 bits per heavy atom. The van der Waals surface area contributed by atoms with E-state index in [-0.39, 0.29) is 11.9 Å². The van der Waals surface area contributed by atoms with E-state index in [0.717, 1.165) is 11.4 Å². The van der Waals surface area contributed by atoms with E-state index in [1.54, 1.807) is 10.5 Å². The Kier molecular flexibility index (Phi) is 6.74. The Balaban J connectivity index is 1.57. The number of aryl methyl sites for hydroxylation is 2. The van der Waals surface area contributed by atoms with Crippen molar-refractivity contribution in [2.75, 3.05) is 25.9 Å². The number of benzene rings is 1. The van der Waals surface area contributed by atoms with E-state index in [0.29, 0.717) is 45.4 Å². The first kappa shape index (κ1) is 21.5. The van der Waals surface area contributed by atoms with Gasteiger partial charge >= 0.3 is 0 Å². The van der Waals surface area contributed by atoms with Gasteiger partial charge < -0.3 is 9.47 Å². The minimum absolute atomic E-state index is 0.0720. The van der Waals surface area contributed by atoms with E-state index in [1.807, 2.05) is 53.8 Å². The van der Waals surface area contributed by atoms with Crippen LogP contribution < -0.4 is 0 Å². The first-order valence-electron chi connectivity index (χ1n) is 10.0. The number of carbonyl (C=O) groups excluding carboxylic acids is 1. The minimum Gasteiger partial charge on any atom is -0.342 e. The molecular weight excluding hydrogens is 388 g/mol. The molecule has 1 saturated heterocycles. The van der Waals surface area contributed by atoms with Crippen molar-refractivity contribution in [3.05, 3.63) is 53.6 Å². The quantitative estimate of drug-likeness (QED) is 0.689. The van der Waals surface area contributed by atoms with Gasteiger partial charge in [-0.3, -0.25) is 4.79 Å². The van der Waals surface area contributed by atoms with Crippen LogP contribution in [0.5, 0.6) is 0 Å². The number of hydrogen-bond donors (Lipinski definition) is 0. The highest BCUT2D eigenvalue weighted by Gasteiger charge is 2.31. The molecule has 0 saturated carbocycles. The largest absolute Gasteiger partial charge is 0.342 e. The number of piperidine rings is 1. The summed E-state index contributed by atoms with van der Waals surface area (Å²) in [5.74, 6) is 0.974. The summed E-state index contributed by atoms with van der Waals surface area (Å²) in [6, 6.07) is 7.94. The highest BCUT2D eigenvalue weighted by atomic mass is 32.2. The Labute approximate surface area is 173 Å². The number of aromatic nitrogens is 2. The molecular formula is C21H30N4O3S. The molecule has 29 heavy (non-hydrogen) atoms. The summed E-state index contributed by atoms with van der Waals surface area (Å²) < 4.78 is 28.3. The highest BCUT2D eigenvalue weighted by molar-refractivity contribution is 7.88. The predicted molar refractivity (Wildman–Crippen MR) is 113 cm³/mol. The van der Waals surface area contributed by atoms with Crippen LogP contribution in [0.15, 0.2) is 36.7 Å². The van der Waals surface area contributed by atoms with Gasteiger partial charge in [0, 0.05) is 44.6 Å². The first-order valence-corrected chi connectivity index (χ1v) is 11.9. The third kappa shape index (κ3) is 5.67. The summed E-state index contributed by atoms with van der Waals surface area (Å²) >= 11 is 0. The van der Waals surface area contributed by atoms with E-state index in [4.69, 9.17) is 0 Å². The summed E-state index contributed by atoms with van der Waals surface area (Å²) in [4.78, 5) is 18.7. The number of nitrogens with zero attached hydrogens (tertiary/aromatic N) is 4. The fourth-order valence-corrected chi connectivity index (χ4v) is 5.03. The molecule has 1 aliphatic heterocycles. The third-order valence-corrected chi connectivity index (χ3v) is 6.94. The maximum absolute atomic E-state index is 12.6. The summed E-state index contributed by atoms with van der Waals surface area (Å²) in [5, 5.41) is 0. The zero-order chi connectivity index (χ0) is 21.0. The maximum atomic E-state index is 12.6. The number of hydrogen-bond acceptors (Lipinski definition) is 4. The zero-order valence-electron chi connectivity index (χ0n) is 17.4. The van der Waals surface area contributed by atoms with Crippen molar-refractivity contribution in [3.8, 4) is 0 Å². The summed E-state index contributed by atoms with van der Waals surface area (Å²) in [5.41, 5.74) is 2.19. The van der Waals surface area contributed by atoms with E-state index >= 15 is 0 Å². The Bertz CT molecular complexity index is 929. The van der Waals surface area contributed by atoms with Gasteiger partial charge in [-0.1, -0.05) is 29.8 Å². The van der Waals surface area contributed by atoms with E-state index < -0.39 is 10.0 Å². The molecule has 0 radical (unpaired) electrons. The summed E-state index contributed by atoms with van der Waals surface area (Å²) in [7, 11) is -3.32. The Morgan fingerprint density at radius 3 is 2.38 bits per heavy atom. The van der Waals surface area contributed by atoms with E-state index in [9.17, 15) is 13.2 Å². The molecule has 0 aliphatic carbocycles. The van der Waals surface area contributed by atoms with Gasteiger partial charge in [-0.15, -0.1) is 0 Å². The standard InChI is InChI=1S/C21H30N4O3S/c1-17-4-6-19(7-5-17)16-21(26)24-11-8-20(9-12-24)25(29(3,27)28)15-14-23-13-10-22-18(23)2/h4-7,10,13,20H,8-9,11-12,14-16H2,1-3H3. The average molecular weight is 419 g/mol. The number of carbonyl (C=O) groups is 1. The molecule has 0 N–H and O–H groups in total. The van der Waals surface area contributed by atoms with Gasteiger partial charge in [0.1, 0.15) is 5.82 Å². The van der Waals surface area contributed by atoms with Crippen LogP contribution in [0.4, 0.5) is 0 Å². The van der Waals surface area contributed by atoms with E-state index in [1.165, 1.54) is 11.8 Å². The molecule has 158 valence electrons. The Morgan fingerprint density at radius 1 is 1.17 bits per heavy atom. The van der Waals surface area contributed by atoms with Crippen LogP contribution >= 0.6 is 0 Å². The van der Waals surface area contributed by atoms with Crippen molar-refractivity contribution in [1.82, 2.24) is 18.8 Å². The molecule has 8 heteroatoms. The summed E-state index contributed by atoms with van der Waals surface area (Å²) in [6.07, 6.45) is 6.56. The minimum atomic E-state index is -3.32. The molecule has 2 aromatic rings. The molecule has 0 atom stereocenters. The van der Waals surface area contributed by atoms with Gasteiger partial charge in [0.2, 0.25) is 15.9 Å². The molecule has 3 rings (SSSR count). The van der Waals surface area contributed by atoms with E-state index in [2.05, 4.69) is 4.98 Å². The smallest absolute Gasteiger partial charge is 0.226 e. The average Bonchev–Trinajstić information content (AvgIpc) is 3.08. The van der Waals surface area contributed by atoms with Gasteiger partial charge in [-0.25, -0.2) is 13.4 Å². The zero-order valence-corrected chi connectivity index (χ0v) is 18.2. The SMILES string of the molecule is Cc1ccc(CC(=O)N2CCC(N(CCn3ccnc3C)S(C)(=O)=O)CC2)cc1. The lowest BCUT2D eigenvalue weighted by molar-refractivity contribution is -0.131. The monoisotopic (exact) mass is 418 g/mol. The van der Waals surface area contributed by atoms with Crippen molar-refractivity contribution in [3.63, 3.8) is 0 Å². The molecule has 0 spiro atoms. The van der Waals surface area contributed by atoms with Crippen molar-refractivity contribution < 1.29 is 13.2 Å². The van der Waals surface area contributed by atoms with Crippen LogP contribution in [0.25, 0.3) is 0 Å². The number of amides is 1. The highest BCUT2D eigenvalue weighted by Crippen LogP contribution is 2.20. The first-order chi connectivity index (χ1) is 13.7. The molecule has 1 aliphatic rings. The van der Waals surface area contributed by atoms with Crippen LogP contribution in [0.2, 0.25) is 0 Å². The summed E-state index contributed by atoms with van der Waals surface area (Å²) in [6.45, 7) is 6.10. The third-order valence-electron chi connectivity index (χ3n) is 5.61. The predicted octanol–water partition coefficient (Wildman–Crippen LogP) is 2.00. The lowest BCUT2D eigenvalue weighted by Gasteiger charge is -2.37. The molecule has 1 aromatic carbocycles. The lowest BCUT2D eigenvalue weighted by atomic mass is 10.0. The molecule has 1 amide bonds. The second-order valence-electron chi connectivity index (χ2n) is 7.82. The van der Waals surface area contributed by atoms with Crippen molar-refractivity contribution in [2.24, 2.45) is 0 Å². The topological polar surface area (TPSA) is 75.5 Å². The van der Waals surface area contributed by atoms with Gasteiger partial charge in [-0.05, 0) is 32.3 Å². The van der Waals surface area contributed by atoms with Crippen LogP contribution in [-0.4, -0.2) is 65.0 Å². The van der Waals surface area contributed by atoms with Crippen LogP contribution in [0.1, 0.15) is 29.8 Å². The molecule has 2 heterocycles. The van der Waals surface area contributed by atoms with Gasteiger partial charge in [-0.2, -0.15) is 4.31 Å². The van der Waals surface area contributed by atoms with Gasteiger partial charge in [0.05, 0.1) is 12.7 Å². The fraction of sp³-hybridized carbons (Fsp3) is 0.524. The van der Waals surface area contributed by atoms with Gasteiger partial charge in [0.15, 0.2) is 0 Å². The van der Waals surface area contributed by atoms with Crippen LogP contribution in [0, 0.1) is 13.8 Å². The van der Waals surface area contributed by atoms with Crippen molar-refractivity contribution in [2.45, 2.75) is 45.7 Å². The second kappa shape index (κ2) is 9.09. The molecule has 0 unspecified atom stereocenters. The maximum Gasteiger partial charge on any atom is 0.226 e. The molecule has 0 bridgehead atoms. The van der Waals surface area contributed by atoms with Crippen molar-refractivity contribution in [1.29, 1.82) is 0 Å². The molecule has 7 nitrogen and oxygen atoms in total. The lowest BCUT2D eigenvalue weighted by Crippen LogP contribution is -2.49. The number of likely N-dealkylation sites (tertiary alicyclic amines) is 1. The fourth-order valence-electron chi connectivity index (χ4n) is 3.86. The second-order valence-corrected chi connectivity index (χ2v) is 9.75. The molecule has 1 fully saturated rings. The molecule has 1 aromatic heterocycles. The number of imidazole rings is 1. The number of rotatable bonds is 7. The number of sulfonamides is 1. The van der Waals surface area contributed by atoms with Crippen LogP contribution in [0.3, 0.4) is 0 Å². The van der Waals surface area contributed by atoms with Crippen molar-refractivity contribution >= 4 is 15.9 Å². The normalized spacial score (nSPS) is 15.8. The Hall–Kier alpha value is -2.19.